The number of aryl methyl sites for hydroxylation is 4. The number of nitrogens with zero attached hydrogens (tertiary/aromatic N) is 2. The second-order valence-corrected chi connectivity index (χ2v) is 12.4. The number of anilines is 1. The largest absolute Gasteiger partial charge is 0.465 e. The summed E-state index contributed by atoms with van der Waals surface area (Å²) in [7, 11) is 1.38. The first kappa shape index (κ1) is 33.0. The maximum absolute atomic E-state index is 12.7. The van der Waals surface area contributed by atoms with Gasteiger partial charge in [-0.3, -0.25) is 10.1 Å². The van der Waals surface area contributed by atoms with Crippen LogP contribution in [0.1, 0.15) is 49.3 Å². The number of para-hydroxylation sites is 1. The van der Waals surface area contributed by atoms with Gasteiger partial charge in [-0.2, -0.15) is 0 Å². The van der Waals surface area contributed by atoms with Crippen molar-refractivity contribution in [2.75, 3.05) is 11.9 Å². The van der Waals surface area contributed by atoms with Gasteiger partial charge in [0.05, 0.1) is 23.2 Å². The Morgan fingerprint density at radius 1 is 0.776 bits per heavy atom. The standard InChI is InChI=1S/C42H37BN2O4/c1-28-24-30(3)41(31(4)25-28)43-38(23-20-32-14-8-6-9-15-32)37(36-18-12-13-19-39(36)45(47)48)27-40(33-16-10-7-11-17-33)44(43)34-21-22-35(29(2)26-34)42(46)49-5/h6-27H,1-5H3/b23-20+. The van der Waals surface area contributed by atoms with Gasteiger partial charge in [-0.25, -0.2) is 4.79 Å². The van der Waals surface area contributed by atoms with Crippen LogP contribution in [0.15, 0.2) is 133 Å². The van der Waals surface area contributed by atoms with E-state index < -0.39 is 12.8 Å². The van der Waals surface area contributed by atoms with Gasteiger partial charge in [-0.1, -0.05) is 114 Å². The molecule has 0 spiro atoms. The van der Waals surface area contributed by atoms with Crippen LogP contribution in [0.3, 0.4) is 0 Å². The van der Waals surface area contributed by atoms with Gasteiger partial charge in [0.2, 0.25) is 0 Å². The summed E-state index contributed by atoms with van der Waals surface area (Å²) in [5, 5.41) is 12.5. The average molecular weight is 645 g/mol. The zero-order valence-electron chi connectivity index (χ0n) is 28.3. The van der Waals surface area contributed by atoms with E-state index in [4.69, 9.17) is 4.74 Å². The predicted octanol–water partition coefficient (Wildman–Crippen LogP) is 9.08. The topological polar surface area (TPSA) is 72.7 Å². The first-order chi connectivity index (χ1) is 23.7. The van der Waals surface area contributed by atoms with Crippen LogP contribution >= 0.6 is 0 Å². The van der Waals surface area contributed by atoms with Gasteiger partial charge in [-0.15, -0.1) is 0 Å². The van der Waals surface area contributed by atoms with Crippen molar-refractivity contribution in [1.29, 1.82) is 0 Å². The first-order valence-electron chi connectivity index (χ1n) is 16.2. The molecule has 0 aliphatic carbocycles. The zero-order valence-corrected chi connectivity index (χ0v) is 28.3. The molecule has 0 saturated carbocycles. The normalized spacial score (nSPS) is 13.1. The molecule has 0 fully saturated rings. The molecule has 5 aromatic rings. The number of ether oxygens (including phenoxy) is 1. The highest BCUT2D eigenvalue weighted by Crippen LogP contribution is 2.42. The first-order valence-corrected chi connectivity index (χ1v) is 16.2. The Kier molecular flexibility index (Phi) is 9.45. The molecule has 1 aliphatic heterocycles. The monoisotopic (exact) mass is 644 g/mol. The van der Waals surface area contributed by atoms with Crippen LogP contribution in [0, 0.1) is 37.8 Å². The molecule has 0 bridgehead atoms. The summed E-state index contributed by atoms with van der Waals surface area (Å²) in [4.78, 5) is 27.2. The van der Waals surface area contributed by atoms with Gasteiger partial charge in [0.15, 0.2) is 0 Å². The SMILES string of the molecule is COC(=O)c1ccc(N2B(c3c(C)cc(C)cc3C)C(/C=C/c3ccccc3)=C(c3ccccc3[N+](=O)[O-])C=C2c2ccccc2)cc1C. The van der Waals surface area contributed by atoms with Crippen LogP contribution < -0.4 is 10.3 Å². The van der Waals surface area contributed by atoms with E-state index in [2.05, 4.69) is 68.1 Å². The van der Waals surface area contributed by atoms with Gasteiger partial charge in [0.1, 0.15) is 0 Å². The molecular weight excluding hydrogens is 607 g/mol. The van der Waals surface area contributed by atoms with E-state index in [9.17, 15) is 14.9 Å². The number of allylic oxidation sites excluding steroid dienone is 4. The highest BCUT2D eigenvalue weighted by molar-refractivity contribution is 6.87. The van der Waals surface area contributed by atoms with Crippen molar-refractivity contribution in [1.82, 2.24) is 0 Å². The molecule has 0 atom stereocenters. The molecule has 1 heterocycles. The molecule has 0 N–H and O–H groups in total. The van der Waals surface area contributed by atoms with Crippen molar-refractivity contribution in [2.45, 2.75) is 27.7 Å². The molecule has 6 rings (SSSR count). The van der Waals surface area contributed by atoms with E-state index in [1.165, 1.54) is 7.11 Å². The highest BCUT2D eigenvalue weighted by Gasteiger charge is 2.40. The molecule has 242 valence electrons. The Bertz CT molecular complexity index is 2130. The summed E-state index contributed by atoms with van der Waals surface area (Å²) in [6.45, 7) is 7.86. The van der Waals surface area contributed by atoms with Crippen LogP contribution in [0.25, 0.3) is 17.3 Å². The minimum atomic E-state index is -0.404. The van der Waals surface area contributed by atoms with Gasteiger partial charge in [0, 0.05) is 17.5 Å². The molecule has 7 heteroatoms. The van der Waals surface area contributed by atoms with Crippen LogP contribution in [-0.4, -0.2) is 24.9 Å². The quantitative estimate of drug-likeness (QED) is 0.0730. The average Bonchev–Trinajstić information content (AvgIpc) is 3.10. The van der Waals surface area contributed by atoms with Crippen molar-refractivity contribution in [2.24, 2.45) is 0 Å². The summed E-state index contributed by atoms with van der Waals surface area (Å²) in [5.41, 5.74) is 11.7. The number of rotatable bonds is 8. The van der Waals surface area contributed by atoms with Crippen molar-refractivity contribution in [3.8, 4) is 0 Å². The summed E-state index contributed by atoms with van der Waals surface area (Å²) in [6, 6.07) is 37.3. The second-order valence-electron chi connectivity index (χ2n) is 12.4. The van der Waals surface area contributed by atoms with Gasteiger partial charge in [-0.05, 0) is 91.2 Å². The molecule has 1 aliphatic rings. The van der Waals surface area contributed by atoms with E-state index >= 15 is 0 Å². The Balaban J connectivity index is 1.76. The van der Waals surface area contributed by atoms with Crippen molar-refractivity contribution < 1.29 is 14.5 Å². The fourth-order valence-corrected chi connectivity index (χ4v) is 6.90. The van der Waals surface area contributed by atoms with Crippen LogP contribution in [0.2, 0.25) is 0 Å². The van der Waals surface area contributed by atoms with E-state index in [0.29, 0.717) is 11.1 Å². The Morgan fingerprint density at radius 3 is 2.04 bits per heavy atom. The molecular formula is C42H37BN2O4. The summed E-state index contributed by atoms with van der Waals surface area (Å²) in [5.74, 6) is -0.395. The molecule has 0 unspecified atom stereocenters. The number of hydrogen-bond donors (Lipinski definition) is 0. The third-order valence-electron chi connectivity index (χ3n) is 9.02. The number of esters is 1. The number of nitro benzene ring substituents is 1. The number of carbonyl (C=O) groups is 1. The molecule has 49 heavy (non-hydrogen) atoms. The van der Waals surface area contributed by atoms with Crippen LogP contribution in [0.5, 0.6) is 0 Å². The van der Waals surface area contributed by atoms with E-state index in [1.807, 2.05) is 85.8 Å². The second kappa shape index (κ2) is 14.0. The number of hydrogen-bond acceptors (Lipinski definition) is 5. The Morgan fingerprint density at radius 2 is 1.41 bits per heavy atom. The number of benzene rings is 5. The van der Waals surface area contributed by atoms with Crippen molar-refractivity contribution in [3.05, 3.63) is 188 Å². The third kappa shape index (κ3) is 6.61. The minimum absolute atomic E-state index is 0.0367. The van der Waals surface area contributed by atoms with Gasteiger partial charge >= 0.3 is 12.8 Å². The minimum Gasteiger partial charge on any atom is -0.465 e. The molecule has 5 aromatic carbocycles. The lowest BCUT2D eigenvalue weighted by atomic mass is 9.43. The van der Waals surface area contributed by atoms with Crippen LogP contribution in [-0.2, 0) is 4.74 Å². The fraction of sp³-hybridized carbons (Fsp3) is 0.119. The zero-order chi connectivity index (χ0) is 34.7. The Labute approximate surface area is 287 Å². The van der Waals surface area contributed by atoms with Crippen LogP contribution in [0.4, 0.5) is 11.4 Å². The number of carbonyl (C=O) groups excluding carboxylic acids is 1. The molecule has 0 radical (unpaired) electrons. The molecule has 0 aromatic heterocycles. The lowest BCUT2D eigenvalue weighted by Crippen LogP contribution is -2.53. The summed E-state index contributed by atoms with van der Waals surface area (Å²) >= 11 is 0. The predicted molar refractivity (Wildman–Crippen MR) is 201 cm³/mol. The van der Waals surface area contributed by atoms with E-state index in [0.717, 1.165) is 61.3 Å². The van der Waals surface area contributed by atoms with Gasteiger partial charge < -0.3 is 9.55 Å². The van der Waals surface area contributed by atoms with Crippen molar-refractivity contribution in [3.63, 3.8) is 0 Å². The van der Waals surface area contributed by atoms with Crippen molar-refractivity contribution >= 4 is 47.0 Å². The molecule has 0 amide bonds. The highest BCUT2D eigenvalue weighted by atomic mass is 16.6. The van der Waals surface area contributed by atoms with Gasteiger partial charge in [0.25, 0.3) is 5.69 Å². The maximum atomic E-state index is 12.7. The lowest BCUT2D eigenvalue weighted by Gasteiger charge is -2.40. The third-order valence-corrected chi connectivity index (χ3v) is 9.02. The smallest absolute Gasteiger partial charge is 0.338 e. The number of nitro groups is 1. The molecule has 0 saturated heterocycles. The fourth-order valence-electron chi connectivity index (χ4n) is 6.90. The lowest BCUT2D eigenvalue weighted by molar-refractivity contribution is -0.385. The number of methoxy groups -OCH3 is 1. The van der Waals surface area contributed by atoms with E-state index in [1.54, 1.807) is 12.1 Å². The Hall–Kier alpha value is -5.95. The van der Waals surface area contributed by atoms with E-state index in [-0.39, 0.29) is 10.6 Å². The maximum Gasteiger partial charge on any atom is 0.338 e. The summed E-state index contributed by atoms with van der Waals surface area (Å²) < 4.78 is 5.08. The summed E-state index contributed by atoms with van der Waals surface area (Å²) in [6.07, 6.45) is 6.24. The molecule has 6 nitrogen and oxygen atoms in total.